The zero-order chi connectivity index (χ0) is 16.8. The number of aromatic nitrogens is 1. The second-order valence-corrected chi connectivity index (χ2v) is 5.61. The van der Waals surface area contributed by atoms with Gasteiger partial charge in [-0.2, -0.15) is 0 Å². The third-order valence-corrected chi connectivity index (χ3v) is 3.26. The molecule has 0 bridgehead atoms. The lowest BCUT2D eigenvalue weighted by molar-refractivity contribution is -0.155. The summed E-state index contributed by atoms with van der Waals surface area (Å²) in [6, 6.07) is 8.58. The molecule has 7 nitrogen and oxygen atoms in total. The number of halogens is 1. The number of nitrogens with one attached hydrogen (secondary N) is 1. The number of amides is 1. The summed E-state index contributed by atoms with van der Waals surface area (Å²) >= 11 is 3.30. The molecule has 1 heterocycles. The smallest absolute Gasteiger partial charge is 0.345 e. The van der Waals surface area contributed by atoms with Gasteiger partial charge in [-0.3, -0.25) is 4.79 Å². The summed E-state index contributed by atoms with van der Waals surface area (Å²) in [7, 11) is 0. The number of nitrogens with zero attached hydrogens (tertiary/aromatic N) is 1. The van der Waals surface area contributed by atoms with Crippen LogP contribution >= 0.6 is 15.9 Å². The number of esters is 1. The highest BCUT2D eigenvalue weighted by atomic mass is 79.9. The van der Waals surface area contributed by atoms with E-state index < -0.39 is 18.0 Å². The van der Waals surface area contributed by atoms with Crippen LogP contribution in [0.1, 0.15) is 12.7 Å². The average Bonchev–Trinajstić information content (AvgIpc) is 2.93. The molecule has 1 atom stereocenters. The summed E-state index contributed by atoms with van der Waals surface area (Å²) in [5, 5.41) is 6.22. The molecule has 2 aromatic rings. The molecule has 0 saturated carbocycles. The van der Waals surface area contributed by atoms with Gasteiger partial charge in [0, 0.05) is 16.2 Å². The minimum Gasteiger partial charge on any atom is -0.463 e. The molecule has 8 heteroatoms. The van der Waals surface area contributed by atoms with Crippen LogP contribution in [0, 0.1) is 6.92 Å². The van der Waals surface area contributed by atoms with Gasteiger partial charge in [-0.1, -0.05) is 15.9 Å². The molecule has 122 valence electrons. The number of carbonyl (C=O) groups is 2. The highest BCUT2D eigenvalue weighted by Gasteiger charge is 2.18. The predicted octanol–water partition coefficient (Wildman–Crippen LogP) is 2.69. The van der Waals surface area contributed by atoms with Crippen LogP contribution in [0.5, 0.6) is 5.88 Å². The van der Waals surface area contributed by atoms with E-state index in [9.17, 15) is 9.59 Å². The van der Waals surface area contributed by atoms with Gasteiger partial charge >= 0.3 is 5.97 Å². The third kappa shape index (κ3) is 5.41. The lowest BCUT2D eigenvalue weighted by atomic mass is 10.3. The number of carbonyl (C=O) groups excluding carboxylic acids is 2. The molecule has 0 aliphatic heterocycles. The van der Waals surface area contributed by atoms with Crippen molar-refractivity contribution in [3.05, 3.63) is 40.6 Å². The molecule has 1 aromatic heterocycles. The zero-order valence-corrected chi connectivity index (χ0v) is 14.1. The highest BCUT2D eigenvalue weighted by molar-refractivity contribution is 9.10. The minimum absolute atomic E-state index is 0.186. The minimum atomic E-state index is -0.950. The monoisotopic (exact) mass is 382 g/mol. The van der Waals surface area contributed by atoms with Gasteiger partial charge in [0.05, 0.1) is 0 Å². The Labute approximate surface area is 141 Å². The molecule has 23 heavy (non-hydrogen) atoms. The number of benzene rings is 1. The Morgan fingerprint density at radius 2 is 2.04 bits per heavy atom. The lowest BCUT2D eigenvalue weighted by Crippen LogP contribution is -2.31. The van der Waals surface area contributed by atoms with Gasteiger partial charge in [-0.05, 0) is 43.3 Å². The van der Waals surface area contributed by atoms with E-state index in [0.717, 1.165) is 4.47 Å². The van der Waals surface area contributed by atoms with E-state index in [0.29, 0.717) is 11.4 Å². The first-order valence-corrected chi connectivity index (χ1v) is 7.55. The Morgan fingerprint density at radius 1 is 1.35 bits per heavy atom. The average molecular weight is 383 g/mol. The highest BCUT2D eigenvalue weighted by Crippen LogP contribution is 2.14. The van der Waals surface area contributed by atoms with Gasteiger partial charge < -0.3 is 19.3 Å². The molecular formula is C15H15BrN2O5. The predicted molar refractivity (Wildman–Crippen MR) is 85.1 cm³/mol. The van der Waals surface area contributed by atoms with E-state index in [1.165, 1.54) is 13.0 Å². The first-order valence-electron chi connectivity index (χ1n) is 6.76. The normalized spacial score (nSPS) is 11.6. The van der Waals surface area contributed by atoms with Gasteiger partial charge in [-0.25, -0.2) is 4.79 Å². The van der Waals surface area contributed by atoms with Crippen LogP contribution in [0.2, 0.25) is 0 Å². The van der Waals surface area contributed by atoms with Gasteiger partial charge in [-0.15, -0.1) is 0 Å². The van der Waals surface area contributed by atoms with Crippen molar-refractivity contribution < 1.29 is 23.6 Å². The standard InChI is InChI=1S/C15H15BrN2O5/c1-9-7-13(18-23-9)21-8-14(19)22-10(2)15(20)17-12-5-3-11(16)4-6-12/h3-7,10H,8H2,1-2H3,(H,17,20)/t10-/m1/s1. The van der Waals surface area contributed by atoms with Crippen LogP contribution in [0.3, 0.4) is 0 Å². The number of anilines is 1. The molecule has 0 saturated heterocycles. The van der Waals surface area contributed by atoms with Gasteiger partial charge in [0.15, 0.2) is 12.7 Å². The Morgan fingerprint density at radius 3 is 2.65 bits per heavy atom. The second-order valence-electron chi connectivity index (χ2n) is 4.69. The van der Waals surface area contributed by atoms with Crippen molar-refractivity contribution in [3.8, 4) is 5.88 Å². The van der Waals surface area contributed by atoms with Crippen LogP contribution < -0.4 is 10.1 Å². The van der Waals surface area contributed by atoms with Crippen molar-refractivity contribution in [3.63, 3.8) is 0 Å². The summed E-state index contributed by atoms with van der Waals surface area (Å²) in [6.07, 6.45) is -0.950. The number of hydrogen-bond donors (Lipinski definition) is 1. The summed E-state index contributed by atoms with van der Waals surface area (Å²) < 4.78 is 15.8. The quantitative estimate of drug-likeness (QED) is 0.772. The maximum atomic E-state index is 11.9. The number of ether oxygens (including phenoxy) is 2. The second kappa shape index (κ2) is 7.77. The van der Waals surface area contributed by atoms with E-state index in [1.54, 1.807) is 31.2 Å². The fraction of sp³-hybridized carbons (Fsp3) is 0.267. The van der Waals surface area contributed by atoms with E-state index in [1.807, 2.05) is 0 Å². The molecule has 0 spiro atoms. The zero-order valence-electron chi connectivity index (χ0n) is 12.5. The lowest BCUT2D eigenvalue weighted by Gasteiger charge is -2.13. The van der Waals surface area contributed by atoms with Crippen LogP contribution in [0.25, 0.3) is 0 Å². The molecule has 1 N–H and O–H groups in total. The van der Waals surface area contributed by atoms with Crippen molar-refractivity contribution in [1.82, 2.24) is 5.16 Å². The molecule has 0 unspecified atom stereocenters. The van der Waals surface area contributed by atoms with Crippen molar-refractivity contribution >= 4 is 33.5 Å². The molecule has 0 aliphatic carbocycles. The van der Waals surface area contributed by atoms with Crippen molar-refractivity contribution in [2.75, 3.05) is 11.9 Å². The molecule has 0 aliphatic rings. The summed E-state index contributed by atoms with van der Waals surface area (Å²) in [6.45, 7) is 2.82. The van der Waals surface area contributed by atoms with Crippen molar-refractivity contribution in [2.24, 2.45) is 0 Å². The van der Waals surface area contributed by atoms with Crippen LogP contribution in [0.4, 0.5) is 5.69 Å². The molecule has 1 amide bonds. The van der Waals surface area contributed by atoms with E-state index in [4.69, 9.17) is 14.0 Å². The van der Waals surface area contributed by atoms with Crippen LogP contribution in [0.15, 0.2) is 39.3 Å². The molecule has 1 aromatic carbocycles. The van der Waals surface area contributed by atoms with E-state index >= 15 is 0 Å². The van der Waals surface area contributed by atoms with Crippen molar-refractivity contribution in [2.45, 2.75) is 20.0 Å². The maximum absolute atomic E-state index is 11.9. The first kappa shape index (κ1) is 17.0. The Kier molecular flexibility index (Phi) is 5.75. The number of aryl methyl sites for hydroxylation is 1. The van der Waals surface area contributed by atoms with Crippen molar-refractivity contribution in [1.29, 1.82) is 0 Å². The molecule has 0 radical (unpaired) electrons. The molecule has 0 fully saturated rings. The Bertz CT molecular complexity index is 683. The van der Waals surface area contributed by atoms with Crippen LogP contribution in [-0.4, -0.2) is 29.7 Å². The van der Waals surface area contributed by atoms with E-state index in [2.05, 4.69) is 26.4 Å². The largest absolute Gasteiger partial charge is 0.463 e. The summed E-state index contributed by atoms with van der Waals surface area (Å²) in [5.74, 6) is -0.357. The third-order valence-electron chi connectivity index (χ3n) is 2.73. The SMILES string of the molecule is Cc1cc(OCC(=O)O[C@H](C)C(=O)Nc2ccc(Br)cc2)no1. The fourth-order valence-corrected chi connectivity index (χ4v) is 1.87. The maximum Gasteiger partial charge on any atom is 0.345 e. The summed E-state index contributed by atoms with van der Waals surface area (Å²) in [4.78, 5) is 23.6. The Balaban J connectivity index is 1.78. The summed E-state index contributed by atoms with van der Waals surface area (Å²) in [5.41, 5.74) is 0.607. The fourth-order valence-electron chi connectivity index (χ4n) is 1.61. The Hall–Kier alpha value is -2.35. The number of hydrogen-bond acceptors (Lipinski definition) is 6. The van der Waals surface area contributed by atoms with Gasteiger partial charge in [0.2, 0.25) is 0 Å². The van der Waals surface area contributed by atoms with Crippen LogP contribution in [-0.2, 0) is 14.3 Å². The molecular weight excluding hydrogens is 368 g/mol. The molecule has 2 rings (SSSR count). The van der Waals surface area contributed by atoms with Gasteiger partial charge in [0.25, 0.3) is 11.8 Å². The van der Waals surface area contributed by atoms with Gasteiger partial charge in [0.1, 0.15) is 5.76 Å². The first-order chi connectivity index (χ1) is 10.9. The topological polar surface area (TPSA) is 90.7 Å². The van der Waals surface area contributed by atoms with E-state index in [-0.39, 0.29) is 12.5 Å². The number of rotatable bonds is 6.